The van der Waals surface area contributed by atoms with E-state index in [1.807, 2.05) is 18.2 Å². The van der Waals surface area contributed by atoms with E-state index in [4.69, 9.17) is 22.1 Å². The van der Waals surface area contributed by atoms with Crippen molar-refractivity contribution in [2.75, 3.05) is 0 Å². The highest BCUT2D eigenvalue weighted by Crippen LogP contribution is 2.46. The van der Waals surface area contributed by atoms with Gasteiger partial charge in [-0.05, 0) is 18.2 Å². The molecule has 0 saturated carbocycles. The van der Waals surface area contributed by atoms with Crippen molar-refractivity contribution in [3.05, 3.63) is 82.0 Å². The first-order valence-electron chi connectivity index (χ1n) is 7.76. The molecule has 0 bridgehead atoms. The second-order valence-corrected chi connectivity index (χ2v) is 6.21. The summed E-state index contributed by atoms with van der Waals surface area (Å²) < 4.78 is 20.0. The van der Waals surface area contributed by atoms with Crippen molar-refractivity contribution < 1.29 is 9.13 Å². The molecule has 3 N–H and O–H groups in total. The zero-order valence-corrected chi connectivity index (χ0v) is 14.1. The Bertz CT molecular complexity index is 1070. The molecule has 0 radical (unpaired) electrons. The highest BCUT2D eigenvalue weighted by atomic mass is 35.5. The van der Waals surface area contributed by atoms with Crippen molar-refractivity contribution in [1.82, 2.24) is 10.2 Å². The number of halogens is 2. The fourth-order valence-corrected chi connectivity index (χ4v) is 3.23. The van der Waals surface area contributed by atoms with Gasteiger partial charge in [0, 0.05) is 16.1 Å². The third kappa shape index (κ3) is 2.50. The molecule has 1 atom stereocenters. The molecule has 0 saturated heterocycles. The van der Waals surface area contributed by atoms with Gasteiger partial charge in [-0.25, -0.2) is 4.39 Å². The first-order chi connectivity index (χ1) is 12.6. The first-order valence-corrected chi connectivity index (χ1v) is 8.14. The summed E-state index contributed by atoms with van der Waals surface area (Å²) in [4.78, 5) is 0. The minimum Gasteiger partial charge on any atom is -0.420 e. The molecule has 1 aliphatic rings. The standard InChI is InChI=1S/C19H12ClFN4O/c20-11-7-5-10(6-8-11)17-16-15(12-3-1-2-4-14(12)21)13(9-22)18(23)26-19(16)25-24-17/h1-8,15H,23H2,(H,24,25). The van der Waals surface area contributed by atoms with E-state index in [9.17, 15) is 9.65 Å². The Morgan fingerprint density at radius 2 is 1.92 bits per heavy atom. The van der Waals surface area contributed by atoms with E-state index in [2.05, 4.69) is 10.2 Å². The molecule has 0 amide bonds. The molecule has 2 aromatic carbocycles. The SMILES string of the molecule is N#CC1=C(N)Oc2n[nH]c(-c3ccc(Cl)cc3)c2C1c1ccccc1F. The van der Waals surface area contributed by atoms with E-state index in [-0.39, 0.29) is 17.3 Å². The summed E-state index contributed by atoms with van der Waals surface area (Å²) in [5.41, 5.74) is 8.31. The number of rotatable bonds is 2. The van der Waals surface area contributed by atoms with Crippen LogP contribution in [0.4, 0.5) is 4.39 Å². The quantitative estimate of drug-likeness (QED) is 0.715. The zero-order valence-electron chi connectivity index (χ0n) is 13.3. The fraction of sp³-hybridized carbons (Fsp3) is 0.0526. The number of ether oxygens (including phenoxy) is 1. The Balaban J connectivity index is 1.97. The molecule has 5 nitrogen and oxygen atoms in total. The third-order valence-electron chi connectivity index (χ3n) is 4.29. The molecular weight excluding hydrogens is 355 g/mol. The Hall–Kier alpha value is -3.30. The molecule has 0 spiro atoms. The number of nitriles is 1. The lowest BCUT2D eigenvalue weighted by Gasteiger charge is -2.24. The Labute approximate surface area is 153 Å². The van der Waals surface area contributed by atoms with Gasteiger partial charge in [0.1, 0.15) is 17.5 Å². The second-order valence-electron chi connectivity index (χ2n) is 5.77. The van der Waals surface area contributed by atoms with Crippen LogP contribution in [0.2, 0.25) is 5.02 Å². The van der Waals surface area contributed by atoms with Crippen LogP contribution < -0.4 is 10.5 Å². The van der Waals surface area contributed by atoms with E-state index in [1.165, 1.54) is 6.07 Å². The van der Waals surface area contributed by atoms with Crippen molar-refractivity contribution in [2.24, 2.45) is 5.73 Å². The number of fused-ring (bicyclic) bond motifs is 1. The van der Waals surface area contributed by atoms with Crippen LogP contribution in [-0.2, 0) is 0 Å². The monoisotopic (exact) mass is 366 g/mol. The molecule has 1 aliphatic heterocycles. The van der Waals surface area contributed by atoms with Crippen LogP contribution in [-0.4, -0.2) is 10.2 Å². The molecule has 7 heteroatoms. The summed E-state index contributed by atoms with van der Waals surface area (Å²) in [6, 6.07) is 15.4. The Morgan fingerprint density at radius 1 is 1.19 bits per heavy atom. The van der Waals surface area contributed by atoms with Gasteiger partial charge in [0.05, 0.1) is 17.2 Å². The maximum Gasteiger partial charge on any atom is 0.244 e. The van der Waals surface area contributed by atoms with Crippen LogP contribution >= 0.6 is 11.6 Å². The fourth-order valence-electron chi connectivity index (χ4n) is 3.10. The topological polar surface area (TPSA) is 87.7 Å². The lowest BCUT2D eigenvalue weighted by atomic mass is 9.83. The number of aromatic nitrogens is 2. The number of nitrogens with two attached hydrogens (primary N) is 1. The number of allylic oxidation sites excluding steroid dienone is 1. The van der Waals surface area contributed by atoms with Crippen LogP contribution in [0, 0.1) is 17.1 Å². The van der Waals surface area contributed by atoms with Gasteiger partial charge < -0.3 is 10.5 Å². The Morgan fingerprint density at radius 3 is 2.62 bits per heavy atom. The summed E-state index contributed by atoms with van der Waals surface area (Å²) >= 11 is 5.96. The van der Waals surface area contributed by atoms with Crippen LogP contribution in [0.3, 0.4) is 0 Å². The predicted molar refractivity (Wildman–Crippen MR) is 94.7 cm³/mol. The maximum atomic E-state index is 14.5. The van der Waals surface area contributed by atoms with Gasteiger partial charge in [-0.15, -0.1) is 5.10 Å². The van der Waals surface area contributed by atoms with Gasteiger partial charge in [-0.1, -0.05) is 41.9 Å². The molecule has 1 aromatic heterocycles. The van der Waals surface area contributed by atoms with Gasteiger partial charge in [0.15, 0.2) is 0 Å². The lowest BCUT2D eigenvalue weighted by molar-refractivity contribution is 0.378. The number of benzene rings is 2. The number of H-pyrrole nitrogens is 1. The van der Waals surface area contributed by atoms with Gasteiger partial charge >= 0.3 is 0 Å². The average Bonchev–Trinajstić information content (AvgIpc) is 3.05. The van der Waals surface area contributed by atoms with E-state index in [0.29, 0.717) is 21.8 Å². The lowest BCUT2D eigenvalue weighted by Crippen LogP contribution is -2.21. The largest absolute Gasteiger partial charge is 0.420 e. The molecule has 128 valence electrons. The molecular formula is C19H12ClFN4O. The van der Waals surface area contributed by atoms with E-state index in [1.54, 1.807) is 30.3 Å². The molecule has 4 rings (SSSR count). The summed E-state index contributed by atoms with van der Waals surface area (Å²) in [7, 11) is 0. The van der Waals surface area contributed by atoms with E-state index >= 15 is 0 Å². The smallest absolute Gasteiger partial charge is 0.244 e. The summed E-state index contributed by atoms with van der Waals surface area (Å²) in [6.45, 7) is 0. The summed E-state index contributed by atoms with van der Waals surface area (Å²) in [5, 5.41) is 17.3. The van der Waals surface area contributed by atoms with Crippen LogP contribution in [0.1, 0.15) is 17.0 Å². The minimum atomic E-state index is -0.727. The second kappa shape index (κ2) is 6.21. The average molecular weight is 367 g/mol. The zero-order chi connectivity index (χ0) is 18.3. The molecule has 26 heavy (non-hydrogen) atoms. The van der Waals surface area contributed by atoms with Crippen molar-refractivity contribution in [3.8, 4) is 23.2 Å². The highest BCUT2D eigenvalue weighted by molar-refractivity contribution is 6.30. The van der Waals surface area contributed by atoms with Crippen LogP contribution in [0.25, 0.3) is 11.3 Å². The highest BCUT2D eigenvalue weighted by Gasteiger charge is 2.36. The minimum absolute atomic E-state index is 0.0811. The van der Waals surface area contributed by atoms with Crippen LogP contribution in [0.15, 0.2) is 60.0 Å². The van der Waals surface area contributed by atoms with Crippen LogP contribution in [0.5, 0.6) is 5.88 Å². The summed E-state index contributed by atoms with van der Waals surface area (Å²) in [6.07, 6.45) is 0. The normalized spacial score (nSPS) is 16.0. The first kappa shape index (κ1) is 16.2. The van der Waals surface area contributed by atoms with Gasteiger partial charge in [-0.2, -0.15) is 5.26 Å². The van der Waals surface area contributed by atoms with Gasteiger partial charge in [-0.3, -0.25) is 5.10 Å². The maximum absolute atomic E-state index is 14.5. The molecule has 0 aliphatic carbocycles. The molecule has 2 heterocycles. The number of aromatic amines is 1. The number of hydrogen-bond donors (Lipinski definition) is 2. The molecule has 3 aromatic rings. The van der Waals surface area contributed by atoms with E-state index in [0.717, 1.165) is 5.56 Å². The Kier molecular flexibility index (Phi) is 3.86. The van der Waals surface area contributed by atoms with Gasteiger partial charge in [0.25, 0.3) is 0 Å². The van der Waals surface area contributed by atoms with Crippen molar-refractivity contribution >= 4 is 11.6 Å². The van der Waals surface area contributed by atoms with Crippen molar-refractivity contribution in [3.63, 3.8) is 0 Å². The number of nitrogens with one attached hydrogen (secondary N) is 1. The molecule has 1 unspecified atom stereocenters. The van der Waals surface area contributed by atoms with Crippen molar-refractivity contribution in [2.45, 2.75) is 5.92 Å². The number of nitrogens with zero attached hydrogens (tertiary/aromatic N) is 2. The molecule has 0 fully saturated rings. The predicted octanol–water partition coefficient (Wildman–Crippen LogP) is 4.09. The third-order valence-corrected chi connectivity index (χ3v) is 4.54. The van der Waals surface area contributed by atoms with Crippen molar-refractivity contribution in [1.29, 1.82) is 5.26 Å². The van der Waals surface area contributed by atoms with Gasteiger partial charge in [0.2, 0.25) is 11.8 Å². The number of hydrogen-bond acceptors (Lipinski definition) is 4. The summed E-state index contributed by atoms with van der Waals surface area (Å²) in [5.74, 6) is -1.02. The van der Waals surface area contributed by atoms with E-state index < -0.39 is 11.7 Å².